The molecule has 1 heterocycles. The maximum atomic E-state index is 14.8. The Morgan fingerprint density at radius 2 is 1.32 bits per heavy atom. The second kappa shape index (κ2) is 37.5. The van der Waals surface area contributed by atoms with Crippen LogP contribution in [0, 0.1) is 35.5 Å². The van der Waals surface area contributed by atoms with E-state index in [2.05, 4.69) is 31.9 Å². The number of primary amides is 1. The average molecular weight is 1260 g/mol. The van der Waals surface area contributed by atoms with Gasteiger partial charge in [-0.3, -0.25) is 43.3 Å². The summed E-state index contributed by atoms with van der Waals surface area (Å²) < 4.78 is 17.7. The van der Waals surface area contributed by atoms with E-state index in [-0.39, 0.29) is 81.1 Å². The molecule has 0 bridgehead atoms. The topological polar surface area (TPSA) is 344 Å². The number of hydrogen-bond acceptors (Lipinski definition) is 14. The van der Waals surface area contributed by atoms with Crippen LogP contribution in [0.5, 0.6) is 0 Å². The van der Waals surface area contributed by atoms with Gasteiger partial charge in [0.1, 0.15) is 42.6 Å². The number of likely N-dealkylation sites (tertiary alicyclic amines) is 1. The lowest BCUT2D eigenvalue weighted by Gasteiger charge is -2.41. The molecular weight excluding hydrogens is 1160 g/mol. The number of benzene rings is 2. The Balaban J connectivity index is 1.72. The van der Waals surface area contributed by atoms with Crippen LogP contribution in [0.3, 0.4) is 0 Å². The molecule has 502 valence electrons. The van der Waals surface area contributed by atoms with Gasteiger partial charge in [-0.15, -0.1) is 0 Å². The van der Waals surface area contributed by atoms with Crippen LogP contribution in [0.15, 0.2) is 54.6 Å². The Bertz CT molecular complexity index is 2710. The van der Waals surface area contributed by atoms with Gasteiger partial charge in [0.15, 0.2) is 0 Å². The molecule has 3 rings (SSSR count). The number of ketones is 1. The fourth-order valence-electron chi connectivity index (χ4n) is 11.2. The highest BCUT2D eigenvalue weighted by Crippen LogP contribution is 2.30. The van der Waals surface area contributed by atoms with Crippen LogP contribution in [-0.4, -0.2) is 181 Å². The van der Waals surface area contributed by atoms with E-state index in [1.807, 2.05) is 19.9 Å². The van der Waals surface area contributed by atoms with Gasteiger partial charge in [0.25, 0.3) is 0 Å². The number of nitrogens with zero attached hydrogens (tertiary/aromatic N) is 3. The number of nitrogens with two attached hydrogens (primary N) is 1. The van der Waals surface area contributed by atoms with Crippen LogP contribution in [0.4, 0.5) is 15.3 Å². The number of Topliss-reactive ketones (excluding diaryl/α,β-unsaturated/α-hetero) is 1. The standard InChI is InChI=1S/C65H102N10O15/c1-16-41(10)56(50(88-14)35-52(78)75-33-21-25-48(75)57(89-15)42(11)58(79)70-47(63(84)85)34-43-22-18-17-19-23-43)73(12)62(83)54(39(6)7)72-61(82)55(40(8)9)74(13)65(87)90-36-44-26-28-45(29-27-44)68-59(80)46(24-20-32-67-64(66)86)69-60(81)53(38(4)5)71-51(77)31-30-49(76)37(2)3/h17-19,22-23,26-29,37-42,46-48,50,53-57H,16,20-21,24-25,30-36H2,1-15H3,(H,68,80)(H,69,81)(H,70,79)(H,71,77)(H,72,82)(H,84,85)(H3,66,67,86)/t41-,42+,46-,47-,48?,50?,53-,54-,55-,56-,57+/m0/s1. The van der Waals surface area contributed by atoms with Gasteiger partial charge in [-0.2, -0.15) is 0 Å². The van der Waals surface area contributed by atoms with Gasteiger partial charge >= 0.3 is 18.1 Å². The van der Waals surface area contributed by atoms with Crippen LogP contribution in [-0.2, 0) is 70.4 Å². The molecule has 2 aromatic carbocycles. The molecule has 1 aliphatic rings. The number of methoxy groups -OCH3 is 2. The molecule has 25 heteroatoms. The fraction of sp³-hybridized carbons (Fsp3) is 0.646. The van der Waals surface area contributed by atoms with Crippen LogP contribution in [0.1, 0.15) is 139 Å². The second-order valence-corrected chi connectivity index (χ2v) is 24.9. The van der Waals surface area contributed by atoms with Crippen molar-refractivity contribution in [1.29, 1.82) is 0 Å². The Morgan fingerprint density at radius 1 is 0.700 bits per heavy atom. The molecule has 9 N–H and O–H groups in total. The Hall–Kier alpha value is -7.67. The van der Waals surface area contributed by atoms with Gasteiger partial charge < -0.3 is 66.8 Å². The Labute approximate surface area is 531 Å². The number of aliphatic carboxylic acids is 1. The van der Waals surface area contributed by atoms with Crippen LogP contribution >= 0.6 is 0 Å². The summed E-state index contributed by atoms with van der Waals surface area (Å²) in [5, 5.41) is 26.2. The van der Waals surface area contributed by atoms with Crippen molar-refractivity contribution >= 4 is 70.9 Å². The first-order chi connectivity index (χ1) is 42.4. The highest BCUT2D eigenvalue weighted by molar-refractivity contribution is 5.99. The largest absolute Gasteiger partial charge is 0.480 e. The van der Waals surface area contributed by atoms with Gasteiger partial charge in [0, 0.05) is 72.3 Å². The number of amides is 10. The fourth-order valence-corrected chi connectivity index (χ4v) is 11.2. The summed E-state index contributed by atoms with van der Waals surface area (Å²) in [5.74, 6) is -7.38. The number of likely N-dealkylation sites (N-methyl/N-ethyl adjacent to an activating group) is 2. The first-order valence-corrected chi connectivity index (χ1v) is 31.3. The van der Waals surface area contributed by atoms with E-state index in [9.17, 15) is 57.8 Å². The van der Waals surface area contributed by atoms with Crippen molar-refractivity contribution < 1.29 is 72.1 Å². The van der Waals surface area contributed by atoms with Gasteiger partial charge in [-0.25, -0.2) is 14.4 Å². The van der Waals surface area contributed by atoms with Crippen LogP contribution in [0.25, 0.3) is 0 Å². The molecule has 0 radical (unpaired) electrons. The quantitative estimate of drug-likeness (QED) is 0.0405. The predicted octanol–water partition coefficient (Wildman–Crippen LogP) is 5.17. The summed E-state index contributed by atoms with van der Waals surface area (Å²) in [5.41, 5.74) is 6.82. The van der Waals surface area contributed by atoms with Crippen molar-refractivity contribution in [3.63, 3.8) is 0 Å². The number of carbonyl (C=O) groups is 11. The van der Waals surface area contributed by atoms with E-state index in [0.717, 1.165) is 10.5 Å². The molecule has 0 aromatic heterocycles. The van der Waals surface area contributed by atoms with E-state index in [1.54, 1.807) is 123 Å². The van der Waals surface area contributed by atoms with Gasteiger partial charge in [-0.1, -0.05) is 125 Å². The van der Waals surface area contributed by atoms with Crippen molar-refractivity contribution in [3.05, 3.63) is 65.7 Å². The number of anilines is 1. The van der Waals surface area contributed by atoms with E-state index >= 15 is 0 Å². The van der Waals surface area contributed by atoms with E-state index in [4.69, 9.17) is 19.9 Å². The van der Waals surface area contributed by atoms with Crippen molar-refractivity contribution in [3.8, 4) is 0 Å². The van der Waals surface area contributed by atoms with Crippen molar-refractivity contribution in [2.75, 3.05) is 46.7 Å². The molecule has 90 heavy (non-hydrogen) atoms. The van der Waals surface area contributed by atoms with Crippen LogP contribution in [0.2, 0.25) is 0 Å². The number of carbonyl (C=O) groups excluding carboxylic acids is 10. The number of rotatable bonds is 37. The normalized spacial score (nSPS) is 16.5. The lowest BCUT2D eigenvalue weighted by atomic mass is 9.89. The maximum Gasteiger partial charge on any atom is 0.410 e. The molecule has 2 unspecified atom stereocenters. The van der Waals surface area contributed by atoms with E-state index in [1.165, 1.54) is 26.2 Å². The third kappa shape index (κ3) is 23.3. The third-order valence-corrected chi connectivity index (χ3v) is 16.7. The van der Waals surface area contributed by atoms with E-state index < -0.39 is 126 Å². The molecule has 0 spiro atoms. The maximum absolute atomic E-state index is 14.8. The summed E-state index contributed by atoms with van der Waals surface area (Å²) in [6, 6.07) is 7.90. The number of carboxylic acids is 1. The minimum atomic E-state index is -1.19. The second-order valence-electron chi connectivity index (χ2n) is 24.9. The van der Waals surface area contributed by atoms with Crippen molar-refractivity contribution in [2.24, 2.45) is 41.2 Å². The molecule has 10 amide bonds. The molecular formula is C65H102N10O15. The smallest absolute Gasteiger partial charge is 0.410 e. The number of nitrogens with one attached hydrogen (secondary N) is 6. The molecule has 1 fully saturated rings. The highest BCUT2D eigenvalue weighted by atomic mass is 16.6. The summed E-state index contributed by atoms with van der Waals surface area (Å²) in [6.45, 7) is 19.8. The van der Waals surface area contributed by atoms with Crippen molar-refractivity contribution in [1.82, 2.24) is 41.3 Å². The first kappa shape index (κ1) is 76.6. The first-order valence-electron chi connectivity index (χ1n) is 31.3. The lowest BCUT2D eigenvalue weighted by molar-refractivity contribution is -0.148. The highest BCUT2D eigenvalue weighted by Gasteiger charge is 2.44. The van der Waals surface area contributed by atoms with Gasteiger partial charge in [0.2, 0.25) is 41.4 Å². The molecule has 1 aliphatic heterocycles. The minimum absolute atomic E-state index is 0.0178. The summed E-state index contributed by atoms with van der Waals surface area (Å²) >= 11 is 0. The minimum Gasteiger partial charge on any atom is -0.480 e. The molecule has 2 aromatic rings. The monoisotopic (exact) mass is 1260 g/mol. The van der Waals surface area contributed by atoms with E-state index in [0.29, 0.717) is 37.1 Å². The lowest BCUT2D eigenvalue weighted by Crippen LogP contribution is -2.60. The molecule has 11 atom stereocenters. The zero-order valence-electron chi connectivity index (χ0n) is 55.4. The van der Waals surface area contributed by atoms with Crippen LogP contribution < -0.4 is 37.6 Å². The van der Waals surface area contributed by atoms with Crippen molar-refractivity contribution in [2.45, 2.75) is 195 Å². The zero-order chi connectivity index (χ0) is 67.7. The average Bonchev–Trinajstić information content (AvgIpc) is 2.69. The number of ether oxygens (including phenoxy) is 3. The number of urea groups is 1. The summed E-state index contributed by atoms with van der Waals surface area (Å²) in [4.78, 5) is 151. The molecule has 1 saturated heterocycles. The Morgan fingerprint density at radius 3 is 1.87 bits per heavy atom. The van der Waals surface area contributed by atoms with Gasteiger partial charge in [-0.05, 0) is 72.6 Å². The summed E-state index contributed by atoms with van der Waals surface area (Å²) in [6.07, 6.45) is -0.460. The molecule has 0 saturated carbocycles. The predicted molar refractivity (Wildman–Crippen MR) is 339 cm³/mol. The SMILES string of the molecule is CC[C@H](C)[C@@H](C(CC(=O)N1CCCC1[C@H](OC)[C@@H](C)C(=O)N[C@@H](Cc1ccccc1)C(=O)O)OC)N(C)C(=O)[C@@H](NC(=O)[C@H](C(C)C)N(C)C(=O)OCc1ccc(NC(=O)[C@H](CCCNC(N)=O)NC(=O)[C@@H](NC(=O)CCC(=O)C(C)C)C(C)C)cc1)C(C)C. The Kier molecular flexibility index (Phi) is 31.9. The molecule has 0 aliphatic carbocycles. The summed E-state index contributed by atoms with van der Waals surface area (Å²) in [7, 11) is 5.97. The number of hydrogen-bond donors (Lipinski definition) is 8. The molecule has 25 nitrogen and oxygen atoms in total. The third-order valence-electron chi connectivity index (χ3n) is 16.7. The zero-order valence-corrected chi connectivity index (χ0v) is 55.4. The number of carboxylic acid groups (broad SMARTS) is 1. The van der Waals surface area contributed by atoms with Gasteiger partial charge in [0.05, 0.1) is 36.6 Å².